The lowest BCUT2D eigenvalue weighted by Crippen LogP contribution is -2.25. The van der Waals surface area contributed by atoms with Crippen molar-refractivity contribution in [3.8, 4) is 23.0 Å². The number of rotatable bonds is 3. The Morgan fingerprint density at radius 2 is 1.87 bits per heavy atom. The van der Waals surface area contributed by atoms with Gasteiger partial charge in [0.25, 0.3) is 5.95 Å². The first kappa shape index (κ1) is 18.0. The van der Waals surface area contributed by atoms with Crippen molar-refractivity contribution in [1.29, 1.82) is 0 Å². The molecule has 0 fully saturated rings. The van der Waals surface area contributed by atoms with Crippen LogP contribution in [0.4, 0.5) is 5.82 Å². The molecule has 2 N–H and O–H groups in total. The smallest absolute Gasteiger partial charge is 0.272 e. The Kier molecular flexibility index (Phi) is 4.24. The Hall–Kier alpha value is -4.07. The van der Waals surface area contributed by atoms with Crippen molar-refractivity contribution >= 4 is 11.7 Å². The molecular formula is C22H18N6O2. The number of fused-ring (bicyclic) bond motifs is 1. The molecule has 0 bridgehead atoms. The number of aromatic nitrogens is 5. The van der Waals surface area contributed by atoms with E-state index in [0.29, 0.717) is 17.9 Å². The fraction of sp³-hybridized carbons (Fsp3) is 0.136. The van der Waals surface area contributed by atoms with E-state index in [4.69, 9.17) is 0 Å². The first-order valence-corrected chi connectivity index (χ1v) is 9.54. The summed E-state index contributed by atoms with van der Waals surface area (Å²) < 4.78 is 1.54. The van der Waals surface area contributed by atoms with E-state index in [0.717, 1.165) is 22.4 Å². The van der Waals surface area contributed by atoms with E-state index in [9.17, 15) is 9.90 Å². The molecule has 2 aromatic heterocycles. The molecule has 0 radical (unpaired) electrons. The first-order valence-electron chi connectivity index (χ1n) is 9.54. The molecule has 1 unspecified atom stereocenters. The second-order valence-electron chi connectivity index (χ2n) is 7.16. The highest BCUT2D eigenvalue weighted by Gasteiger charge is 2.33. The standard InChI is InChI=1S/C22H18N6O2/c1-13-20-17(14-7-9-16(29)10-8-14)11-19(30)25-21(20)28(27-13)22-24-18(12-23-26-22)15-5-3-2-4-6-15/h2-10,12,17,29H,11H2,1H3,(H,25,30). The van der Waals surface area contributed by atoms with Gasteiger partial charge in [-0.1, -0.05) is 42.5 Å². The maximum atomic E-state index is 12.5. The molecular weight excluding hydrogens is 380 g/mol. The van der Waals surface area contributed by atoms with Crippen LogP contribution in [0.25, 0.3) is 17.2 Å². The zero-order chi connectivity index (χ0) is 20.7. The Labute approximate surface area is 172 Å². The second kappa shape index (κ2) is 7.07. The van der Waals surface area contributed by atoms with Gasteiger partial charge in [0.05, 0.1) is 17.6 Å². The van der Waals surface area contributed by atoms with Crippen LogP contribution in [0.3, 0.4) is 0 Å². The minimum absolute atomic E-state index is 0.117. The van der Waals surface area contributed by atoms with Crippen LogP contribution in [0.1, 0.15) is 29.2 Å². The maximum Gasteiger partial charge on any atom is 0.272 e. The number of nitrogens with zero attached hydrogens (tertiary/aromatic N) is 5. The van der Waals surface area contributed by atoms with Gasteiger partial charge < -0.3 is 10.4 Å². The summed E-state index contributed by atoms with van der Waals surface area (Å²) in [5.41, 5.74) is 4.20. The summed E-state index contributed by atoms with van der Waals surface area (Å²) in [5, 5.41) is 25.4. The molecule has 8 nitrogen and oxygen atoms in total. The van der Waals surface area contributed by atoms with E-state index in [1.54, 1.807) is 18.3 Å². The molecule has 1 aliphatic rings. The summed E-state index contributed by atoms with van der Waals surface area (Å²) in [7, 11) is 0. The van der Waals surface area contributed by atoms with E-state index in [2.05, 4.69) is 25.6 Å². The molecule has 148 valence electrons. The number of phenols is 1. The number of phenolic OH excluding ortho intramolecular Hbond substituents is 1. The van der Waals surface area contributed by atoms with Crippen molar-refractivity contribution in [2.24, 2.45) is 0 Å². The van der Waals surface area contributed by atoms with Gasteiger partial charge in [-0.25, -0.2) is 4.98 Å². The van der Waals surface area contributed by atoms with Crippen LogP contribution in [0, 0.1) is 6.92 Å². The molecule has 5 rings (SSSR count). The van der Waals surface area contributed by atoms with E-state index in [1.807, 2.05) is 49.4 Å². The predicted octanol–water partition coefficient (Wildman–Crippen LogP) is 3.21. The number of benzene rings is 2. The first-order chi connectivity index (χ1) is 14.6. The minimum Gasteiger partial charge on any atom is -0.508 e. The van der Waals surface area contributed by atoms with Crippen molar-refractivity contribution in [2.75, 3.05) is 5.32 Å². The fourth-order valence-electron chi connectivity index (χ4n) is 3.82. The molecule has 4 aromatic rings. The van der Waals surface area contributed by atoms with Gasteiger partial charge in [0, 0.05) is 23.5 Å². The average Bonchev–Trinajstić information content (AvgIpc) is 3.11. The third-order valence-electron chi connectivity index (χ3n) is 5.20. The van der Waals surface area contributed by atoms with Crippen LogP contribution in [0.2, 0.25) is 0 Å². The van der Waals surface area contributed by atoms with Gasteiger partial charge in [0.15, 0.2) is 0 Å². The van der Waals surface area contributed by atoms with Crippen LogP contribution < -0.4 is 5.32 Å². The number of hydrogen-bond donors (Lipinski definition) is 2. The Morgan fingerprint density at radius 3 is 2.63 bits per heavy atom. The number of amides is 1. The van der Waals surface area contributed by atoms with E-state index in [1.165, 1.54) is 4.68 Å². The lowest BCUT2D eigenvalue weighted by atomic mass is 9.86. The predicted molar refractivity (Wildman–Crippen MR) is 110 cm³/mol. The van der Waals surface area contributed by atoms with Crippen molar-refractivity contribution in [3.63, 3.8) is 0 Å². The molecule has 30 heavy (non-hydrogen) atoms. The lowest BCUT2D eigenvalue weighted by molar-refractivity contribution is -0.116. The monoisotopic (exact) mass is 398 g/mol. The van der Waals surface area contributed by atoms with Gasteiger partial charge in [0.1, 0.15) is 11.6 Å². The molecule has 3 heterocycles. The highest BCUT2D eigenvalue weighted by Crippen LogP contribution is 2.40. The average molecular weight is 398 g/mol. The summed E-state index contributed by atoms with van der Waals surface area (Å²) >= 11 is 0. The van der Waals surface area contributed by atoms with Gasteiger partial charge in [-0.3, -0.25) is 4.79 Å². The molecule has 0 saturated heterocycles. The van der Waals surface area contributed by atoms with Gasteiger partial charge in [-0.05, 0) is 24.6 Å². The van der Waals surface area contributed by atoms with Gasteiger partial charge in [-0.15, -0.1) is 5.10 Å². The van der Waals surface area contributed by atoms with Crippen LogP contribution in [-0.4, -0.2) is 36.0 Å². The highest BCUT2D eigenvalue weighted by molar-refractivity contribution is 5.95. The van der Waals surface area contributed by atoms with Crippen LogP contribution in [0.5, 0.6) is 5.75 Å². The summed E-state index contributed by atoms with van der Waals surface area (Å²) in [6.45, 7) is 1.90. The number of aryl methyl sites for hydroxylation is 1. The Balaban J connectivity index is 1.62. The number of hydrogen-bond acceptors (Lipinski definition) is 6. The Bertz CT molecular complexity index is 1230. The van der Waals surface area contributed by atoms with Crippen LogP contribution >= 0.6 is 0 Å². The molecule has 0 aliphatic carbocycles. The van der Waals surface area contributed by atoms with Crippen molar-refractivity contribution in [2.45, 2.75) is 19.3 Å². The topological polar surface area (TPSA) is 106 Å². The minimum atomic E-state index is -0.173. The largest absolute Gasteiger partial charge is 0.508 e. The summed E-state index contributed by atoms with van der Waals surface area (Å²) in [5.74, 6) is 0.729. The summed E-state index contributed by atoms with van der Waals surface area (Å²) in [4.78, 5) is 17.1. The summed E-state index contributed by atoms with van der Waals surface area (Å²) in [6, 6.07) is 16.6. The molecule has 0 spiro atoms. The normalized spacial score (nSPS) is 15.5. The van der Waals surface area contributed by atoms with Crippen molar-refractivity contribution < 1.29 is 9.90 Å². The van der Waals surface area contributed by atoms with E-state index in [-0.39, 0.29) is 23.5 Å². The number of nitrogens with one attached hydrogen (secondary N) is 1. The number of carbonyl (C=O) groups is 1. The van der Waals surface area contributed by atoms with Crippen LogP contribution in [0.15, 0.2) is 60.8 Å². The zero-order valence-electron chi connectivity index (χ0n) is 16.1. The van der Waals surface area contributed by atoms with Crippen LogP contribution in [-0.2, 0) is 4.79 Å². The zero-order valence-corrected chi connectivity index (χ0v) is 16.1. The van der Waals surface area contributed by atoms with Gasteiger partial charge in [0.2, 0.25) is 5.91 Å². The molecule has 8 heteroatoms. The number of carbonyl (C=O) groups excluding carboxylic acids is 1. The lowest BCUT2D eigenvalue weighted by Gasteiger charge is -2.24. The van der Waals surface area contributed by atoms with E-state index >= 15 is 0 Å². The fourth-order valence-corrected chi connectivity index (χ4v) is 3.82. The SMILES string of the molecule is Cc1nn(-c2nncc(-c3ccccc3)n2)c2c1C(c1ccc(O)cc1)CC(=O)N2. The molecule has 0 saturated carbocycles. The molecule has 2 aromatic carbocycles. The quantitative estimate of drug-likeness (QED) is 0.549. The number of aromatic hydroxyl groups is 1. The highest BCUT2D eigenvalue weighted by atomic mass is 16.3. The third kappa shape index (κ3) is 3.08. The van der Waals surface area contributed by atoms with Gasteiger partial charge in [-0.2, -0.15) is 14.9 Å². The van der Waals surface area contributed by atoms with Gasteiger partial charge >= 0.3 is 0 Å². The maximum absolute atomic E-state index is 12.5. The summed E-state index contributed by atoms with van der Waals surface area (Å²) in [6.07, 6.45) is 1.90. The number of anilines is 1. The van der Waals surface area contributed by atoms with E-state index < -0.39 is 0 Å². The second-order valence-corrected chi connectivity index (χ2v) is 7.16. The van der Waals surface area contributed by atoms with Crippen molar-refractivity contribution in [3.05, 3.63) is 77.6 Å². The molecule has 1 atom stereocenters. The van der Waals surface area contributed by atoms with Crippen molar-refractivity contribution in [1.82, 2.24) is 25.0 Å². The Morgan fingerprint density at radius 1 is 1.10 bits per heavy atom. The molecule has 1 aliphatic heterocycles. The third-order valence-corrected chi connectivity index (χ3v) is 5.20. The molecule has 1 amide bonds.